The van der Waals surface area contributed by atoms with Crippen LogP contribution in [0.25, 0.3) is 0 Å². The average Bonchev–Trinajstić information content (AvgIpc) is 2.59. The Hall–Kier alpha value is -0.870. The van der Waals surface area contributed by atoms with Gasteiger partial charge in [0.05, 0.1) is 12.3 Å². The van der Waals surface area contributed by atoms with Gasteiger partial charge in [-0.25, -0.2) is 0 Å². The first-order valence-electron chi connectivity index (χ1n) is 5.34. The largest absolute Gasteiger partial charge is 0.386 e. The number of rotatable bonds is 5. The minimum Gasteiger partial charge on any atom is -0.386 e. The van der Waals surface area contributed by atoms with Crippen LogP contribution >= 0.6 is 0 Å². The van der Waals surface area contributed by atoms with Crippen LogP contribution in [-0.4, -0.2) is 27.6 Å². The third-order valence-corrected chi connectivity index (χ3v) is 2.39. The molecule has 0 fully saturated rings. The fourth-order valence-electron chi connectivity index (χ4n) is 1.62. The molecule has 1 rings (SSSR count). The molecule has 86 valence electrons. The lowest BCUT2D eigenvalue weighted by atomic mass is 9.98. The molecule has 4 nitrogen and oxygen atoms in total. The van der Waals surface area contributed by atoms with Gasteiger partial charge in [-0.1, -0.05) is 13.8 Å². The van der Waals surface area contributed by atoms with Gasteiger partial charge in [-0.15, -0.1) is 0 Å². The number of hydrogen-bond donors (Lipinski definition) is 1. The first kappa shape index (κ1) is 12.2. The lowest BCUT2D eigenvalue weighted by Crippen LogP contribution is -2.27. The highest BCUT2D eigenvalue weighted by Gasteiger charge is 2.25. The van der Waals surface area contributed by atoms with E-state index in [4.69, 9.17) is 4.74 Å². The second kappa shape index (κ2) is 5.28. The molecule has 0 aliphatic heterocycles. The Morgan fingerprint density at radius 2 is 2.20 bits per heavy atom. The van der Waals surface area contributed by atoms with E-state index in [2.05, 4.69) is 5.10 Å². The summed E-state index contributed by atoms with van der Waals surface area (Å²) in [5.41, 5.74) is 0.810. The molecule has 2 atom stereocenters. The molecule has 0 spiro atoms. The molecule has 0 radical (unpaired) electrons. The van der Waals surface area contributed by atoms with Gasteiger partial charge in [0.2, 0.25) is 0 Å². The molecule has 0 amide bonds. The maximum Gasteiger partial charge on any atom is 0.108 e. The SMILES string of the molecule is CCOC(C(C)C)C(O)c1cnn(C)c1. The van der Waals surface area contributed by atoms with Crippen molar-refractivity contribution in [3.8, 4) is 0 Å². The summed E-state index contributed by atoms with van der Waals surface area (Å²) in [5.74, 6) is 0.278. The number of aliphatic hydroxyl groups is 1. The predicted molar refractivity (Wildman–Crippen MR) is 58.4 cm³/mol. The summed E-state index contributed by atoms with van der Waals surface area (Å²) >= 11 is 0. The number of hydrogen-bond acceptors (Lipinski definition) is 3. The average molecular weight is 212 g/mol. The summed E-state index contributed by atoms with van der Waals surface area (Å²) in [6.07, 6.45) is 2.73. The molecule has 1 aromatic rings. The van der Waals surface area contributed by atoms with Crippen LogP contribution < -0.4 is 0 Å². The fourth-order valence-corrected chi connectivity index (χ4v) is 1.62. The van der Waals surface area contributed by atoms with Crippen molar-refractivity contribution in [2.75, 3.05) is 6.61 Å². The summed E-state index contributed by atoms with van der Waals surface area (Å²) in [7, 11) is 1.83. The standard InChI is InChI=1S/C11H20N2O2/c1-5-15-11(8(2)3)10(14)9-6-12-13(4)7-9/h6-8,10-11,14H,5H2,1-4H3. The van der Waals surface area contributed by atoms with Gasteiger partial charge < -0.3 is 9.84 Å². The van der Waals surface area contributed by atoms with Crippen LogP contribution in [0.5, 0.6) is 0 Å². The quantitative estimate of drug-likeness (QED) is 0.805. The van der Waals surface area contributed by atoms with Gasteiger partial charge in [0.25, 0.3) is 0 Å². The second-order valence-electron chi connectivity index (χ2n) is 4.06. The predicted octanol–water partition coefficient (Wildman–Crippen LogP) is 1.51. The molecule has 2 unspecified atom stereocenters. The van der Waals surface area contributed by atoms with Gasteiger partial charge in [0, 0.05) is 25.4 Å². The third-order valence-electron chi connectivity index (χ3n) is 2.39. The molecule has 15 heavy (non-hydrogen) atoms. The third kappa shape index (κ3) is 3.04. The molecule has 0 aliphatic carbocycles. The summed E-state index contributed by atoms with van der Waals surface area (Å²) in [6, 6.07) is 0. The van der Waals surface area contributed by atoms with Crippen molar-refractivity contribution in [2.24, 2.45) is 13.0 Å². The van der Waals surface area contributed by atoms with E-state index in [0.29, 0.717) is 6.61 Å². The Bertz CT molecular complexity index is 297. The topological polar surface area (TPSA) is 47.3 Å². The summed E-state index contributed by atoms with van der Waals surface area (Å²) in [5, 5.41) is 14.2. The molecule has 4 heteroatoms. The number of aromatic nitrogens is 2. The van der Waals surface area contributed by atoms with Gasteiger partial charge in [-0.3, -0.25) is 4.68 Å². The van der Waals surface area contributed by atoms with Gasteiger partial charge in [-0.05, 0) is 12.8 Å². The molecule has 0 bridgehead atoms. The highest BCUT2D eigenvalue weighted by molar-refractivity contribution is 5.09. The van der Waals surface area contributed by atoms with Crippen LogP contribution in [0.1, 0.15) is 32.4 Å². The molecule has 0 aromatic carbocycles. The lowest BCUT2D eigenvalue weighted by molar-refractivity contribution is -0.0585. The van der Waals surface area contributed by atoms with Crippen molar-refractivity contribution < 1.29 is 9.84 Å². The molecule has 0 saturated heterocycles. The van der Waals surface area contributed by atoms with E-state index in [1.165, 1.54) is 0 Å². The zero-order chi connectivity index (χ0) is 11.4. The van der Waals surface area contributed by atoms with Crippen LogP contribution in [-0.2, 0) is 11.8 Å². The molecule has 1 N–H and O–H groups in total. The van der Waals surface area contributed by atoms with Crippen LogP contribution in [0.3, 0.4) is 0 Å². The van der Waals surface area contributed by atoms with E-state index in [9.17, 15) is 5.11 Å². The van der Waals surface area contributed by atoms with Crippen LogP contribution in [0.15, 0.2) is 12.4 Å². The number of ether oxygens (including phenoxy) is 1. The van der Waals surface area contributed by atoms with Gasteiger partial charge >= 0.3 is 0 Å². The normalized spacial score (nSPS) is 15.6. The molecule has 1 aromatic heterocycles. The second-order valence-corrected chi connectivity index (χ2v) is 4.06. The van der Waals surface area contributed by atoms with Crippen molar-refractivity contribution in [3.05, 3.63) is 18.0 Å². The van der Waals surface area contributed by atoms with E-state index < -0.39 is 6.10 Å². The first-order chi connectivity index (χ1) is 7.06. The monoisotopic (exact) mass is 212 g/mol. The highest BCUT2D eigenvalue weighted by atomic mass is 16.5. The Morgan fingerprint density at radius 1 is 1.53 bits per heavy atom. The molecular formula is C11H20N2O2. The zero-order valence-electron chi connectivity index (χ0n) is 9.84. The van der Waals surface area contributed by atoms with Crippen LogP contribution in [0.2, 0.25) is 0 Å². The minimum atomic E-state index is -0.598. The maximum atomic E-state index is 10.1. The highest BCUT2D eigenvalue weighted by Crippen LogP contribution is 2.23. The van der Waals surface area contributed by atoms with Crippen molar-refractivity contribution in [2.45, 2.75) is 33.0 Å². The van der Waals surface area contributed by atoms with E-state index in [0.717, 1.165) is 5.56 Å². The summed E-state index contributed by atoms with van der Waals surface area (Å²) < 4.78 is 7.22. The number of aryl methyl sites for hydroxylation is 1. The van der Waals surface area contributed by atoms with Gasteiger partial charge in [0.1, 0.15) is 6.10 Å². The molecular weight excluding hydrogens is 192 g/mol. The Balaban J connectivity index is 2.75. The number of aliphatic hydroxyl groups excluding tert-OH is 1. The van der Waals surface area contributed by atoms with E-state index in [-0.39, 0.29) is 12.0 Å². The van der Waals surface area contributed by atoms with Crippen molar-refractivity contribution in [1.29, 1.82) is 0 Å². The minimum absolute atomic E-state index is 0.167. The van der Waals surface area contributed by atoms with Crippen LogP contribution in [0.4, 0.5) is 0 Å². The van der Waals surface area contributed by atoms with E-state index in [1.807, 2.05) is 34.0 Å². The Morgan fingerprint density at radius 3 is 2.60 bits per heavy atom. The summed E-state index contributed by atoms with van der Waals surface area (Å²) in [4.78, 5) is 0. The van der Waals surface area contributed by atoms with Gasteiger partial charge in [-0.2, -0.15) is 5.10 Å². The maximum absolute atomic E-state index is 10.1. The Kier molecular flexibility index (Phi) is 4.29. The van der Waals surface area contributed by atoms with Crippen molar-refractivity contribution >= 4 is 0 Å². The zero-order valence-corrected chi connectivity index (χ0v) is 9.84. The Labute approximate surface area is 90.9 Å². The van der Waals surface area contributed by atoms with Crippen molar-refractivity contribution in [1.82, 2.24) is 9.78 Å². The number of nitrogens with zero attached hydrogens (tertiary/aromatic N) is 2. The van der Waals surface area contributed by atoms with Crippen molar-refractivity contribution in [3.63, 3.8) is 0 Å². The molecule has 0 aliphatic rings. The molecule has 1 heterocycles. The van der Waals surface area contributed by atoms with Gasteiger partial charge in [0.15, 0.2) is 0 Å². The first-order valence-corrected chi connectivity index (χ1v) is 5.34. The smallest absolute Gasteiger partial charge is 0.108 e. The fraction of sp³-hybridized carbons (Fsp3) is 0.727. The summed E-state index contributed by atoms with van der Waals surface area (Å²) in [6.45, 7) is 6.63. The van der Waals surface area contributed by atoms with E-state index >= 15 is 0 Å². The van der Waals surface area contributed by atoms with E-state index in [1.54, 1.807) is 10.9 Å². The lowest BCUT2D eigenvalue weighted by Gasteiger charge is -2.25. The molecule has 0 saturated carbocycles. The van der Waals surface area contributed by atoms with Crippen LogP contribution in [0, 0.1) is 5.92 Å².